The second-order valence-corrected chi connectivity index (χ2v) is 11.9. The molecule has 2 aromatic carbocycles. The van der Waals surface area contributed by atoms with E-state index in [-0.39, 0.29) is 28.2 Å². The lowest BCUT2D eigenvalue weighted by Gasteiger charge is -2.27. The van der Waals surface area contributed by atoms with Crippen molar-refractivity contribution in [3.8, 4) is 5.75 Å². The topological polar surface area (TPSA) is 141 Å². The van der Waals surface area contributed by atoms with Gasteiger partial charge in [-0.25, -0.2) is 18.0 Å². The Labute approximate surface area is 233 Å². The van der Waals surface area contributed by atoms with Crippen LogP contribution in [-0.2, 0) is 16.4 Å². The van der Waals surface area contributed by atoms with Crippen molar-refractivity contribution in [2.75, 3.05) is 37.4 Å². The van der Waals surface area contributed by atoms with Crippen molar-refractivity contribution in [1.29, 1.82) is 0 Å². The number of aromatic hydroxyl groups is 1. The normalized spacial score (nSPS) is 16.4. The van der Waals surface area contributed by atoms with E-state index in [9.17, 15) is 23.1 Å². The van der Waals surface area contributed by atoms with Crippen LogP contribution in [0, 0.1) is 5.92 Å². The maximum atomic E-state index is 13.1. The first-order chi connectivity index (χ1) is 19.3. The molecular formula is C29H34N4O6S. The van der Waals surface area contributed by atoms with Crippen molar-refractivity contribution in [2.45, 2.75) is 36.5 Å². The Morgan fingerprint density at radius 1 is 1.07 bits per heavy atom. The van der Waals surface area contributed by atoms with Gasteiger partial charge in [0.25, 0.3) is 10.0 Å². The number of sulfonamides is 1. The Bertz CT molecular complexity index is 1500. The molecule has 1 aliphatic heterocycles. The summed E-state index contributed by atoms with van der Waals surface area (Å²) in [6.07, 6.45) is 2.71. The summed E-state index contributed by atoms with van der Waals surface area (Å²) in [7, 11) is -3.78. The van der Waals surface area contributed by atoms with Crippen molar-refractivity contribution < 1.29 is 22.7 Å². The van der Waals surface area contributed by atoms with Gasteiger partial charge in [0.05, 0.1) is 10.5 Å². The highest BCUT2D eigenvalue weighted by Gasteiger charge is 2.37. The van der Waals surface area contributed by atoms with Crippen LogP contribution >= 0.6 is 0 Å². The minimum Gasteiger partial charge on any atom is -0.507 e. The molecule has 1 atom stereocenters. The minimum absolute atomic E-state index is 0.110. The largest absolute Gasteiger partial charge is 0.507 e. The number of benzene rings is 2. The van der Waals surface area contributed by atoms with Gasteiger partial charge in [0.15, 0.2) is 0 Å². The summed E-state index contributed by atoms with van der Waals surface area (Å²) < 4.78 is 33.9. The van der Waals surface area contributed by atoms with E-state index < -0.39 is 21.6 Å². The molecule has 4 N–H and O–H groups in total. The van der Waals surface area contributed by atoms with Gasteiger partial charge < -0.3 is 25.1 Å². The van der Waals surface area contributed by atoms with Gasteiger partial charge in [-0.05, 0) is 55.0 Å². The zero-order valence-corrected chi connectivity index (χ0v) is 23.0. The molecule has 1 aliphatic carbocycles. The number of carbonyl (C=O) groups is 1. The van der Waals surface area contributed by atoms with Gasteiger partial charge in [0.1, 0.15) is 11.5 Å². The van der Waals surface area contributed by atoms with Crippen LogP contribution in [-0.4, -0.2) is 57.2 Å². The van der Waals surface area contributed by atoms with Gasteiger partial charge >= 0.3 is 11.7 Å². The number of nitrogens with one attached hydrogen (secondary N) is 3. The Morgan fingerprint density at radius 3 is 2.52 bits per heavy atom. The Kier molecular flexibility index (Phi) is 8.41. The lowest BCUT2D eigenvalue weighted by Crippen LogP contribution is -2.50. The number of aryl methyl sites for hydroxylation is 1. The summed E-state index contributed by atoms with van der Waals surface area (Å²) in [6, 6.07) is 16.4. The molecule has 2 amide bonds. The highest BCUT2D eigenvalue weighted by atomic mass is 32.2. The predicted octanol–water partition coefficient (Wildman–Crippen LogP) is 3.24. The summed E-state index contributed by atoms with van der Waals surface area (Å²) in [6.45, 7) is 3.31. The SMILES string of the molecule is O=C(NCCCc1cc(O)c(C(c2cccc(NS(=O)(=O)c3ccccc3)c2)C2CC2)c(=O)o1)N1CCNCC1. The molecule has 11 heteroatoms. The third kappa shape index (κ3) is 6.65. The van der Waals surface area contributed by atoms with E-state index in [1.165, 1.54) is 18.2 Å². The number of carbonyl (C=O) groups excluding carboxylic acids is 1. The lowest BCUT2D eigenvalue weighted by atomic mass is 9.87. The Hall–Kier alpha value is -3.83. The molecule has 0 spiro atoms. The minimum atomic E-state index is -3.78. The number of nitrogens with zero attached hydrogens (tertiary/aromatic N) is 1. The van der Waals surface area contributed by atoms with Crippen molar-refractivity contribution in [3.63, 3.8) is 0 Å². The maximum Gasteiger partial charge on any atom is 0.343 e. The van der Waals surface area contributed by atoms with E-state index in [4.69, 9.17) is 4.42 Å². The molecule has 0 bridgehead atoms. The maximum absolute atomic E-state index is 13.1. The molecule has 1 saturated heterocycles. The standard InChI is InChI=1S/C29H34N4O6S/c34-25-19-23(8-5-13-31-29(36)33-16-14-30-15-17-33)39-28(35)27(25)26(20-11-12-20)21-6-4-7-22(18-21)32-40(37,38)24-9-2-1-3-10-24/h1-4,6-7,9-10,18-20,26,30,32,34H,5,8,11-17H2,(H,31,36). The van der Waals surface area contributed by atoms with Crippen LogP contribution < -0.4 is 21.0 Å². The molecule has 40 heavy (non-hydrogen) atoms. The van der Waals surface area contributed by atoms with Crippen LogP contribution in [0.5, 0.6) is 5.75 Å². The fraction of sp³-hybridized carbons (Fsp3) is 0.379. The molecule has 2 heterocycles. The smallest absolute Gasteiger partial charge is 0.343 e. The Morgan fingerprint density at radius 2 is 1.82 bits per heavy atom. The number of hydrogen-bond acceptors (Lipinski definition) is 7. The van der Waals surface area contributed by atoms with Gasteiger partial charge in [-0.2, -0.15) is 0 Å². The fourth-order valence-electron chi connectivity index (χ4n) is 5.10. The second kappa shape index (κ2) is 12.1. The van der Waals surface area contributed by atoms with E-state index in [1.807, 2.05) is 6.07 Å². The highest BCUT2D eigenvalue weighted by Crippen LogP contribution is 2.48. The van der Waals surface area contributed by atoms with Crippen molar-refractivity contribution >= 4 is 21.7 Å². The zero-order chi connectivity index (χ0) is 28.1. The van der Waals surface area contributed by atoms with Gasteiger partial charge in [0.2, 0.25) is 0 Å². The first kappa shape index (κ1) is 27.7. The second-order valence-electron chi connectivity index (χ2n) is 10.2. The average Bonchev–Trinajstić information content (AvgIpc) is 3.79. The van der Waals surface area contributed by atoms with Crippen molar-refractivity contribution in [3.05, 3.63) is 88.0 Å². The quantitative estimate of drug-likeness (QED) is 0.276. The first-order valence-corrected chi connectivity index (χ1v) is 15.1. The van der Waals surface area contributed by atoms with Crippen molar-refractivity contribution in [1.82, 2.24) is 15.5 Å². The van der Waals surface area contributed by atoms with Crippen LogP contribution in [0.25, 0.3) is 0 Å². The van der Waals surface area contributed by atoms with Crippen LogP contribution in [0.1, 0.15) is 42.1 Å². The summed E-state index contributed by atoms with van der Waals surface area (Å²) in [5.74, 6) is -0.0736. The van der Waals surface area contributed by atoms with E-state index in [1.54, 1.807) is 41.3 Å². The highest BCUT2D eigenvalue weighted by molar-refractivity contribution is 7.92. The number of anilines is 1. The van der Waals surface area contributed by atoms with Gasteiger partial charge in [-0.1, -0.05) is 30.3 Å². The van der Waals surface area contributed by atoms with E-state index in [0.29, 0.717) is 43.9 Å². The van der Waals surface area contributed by atoms with Gasteiger partial charge in [-0.3, -0.25) is 4.72 Å². The van der Waals surface area contributed by atoms with Crippen molar-refractivity contribution in [2.24, 2.45) is 5.92 Å². The molecule has 1 unspecified atom stereocenters. The molecule has 10 nitrogen and oxygen atoms in total. The summed E-state index contributed by atoms with van der Waals surface area (Å²) in [4.78, 5) is 27.3. The van der Waals surface area contributed by atoms with Gasteiger partial charge in [-0.15, -0.1) is 0 Å². The fourth-order valence-corrected chi connectivity index (χ4v) is 6.17. The zero-order valence-electron chi connectivity index (χ0n) is 22.1. The summed E-state index contributed by atoms with van der Waals surface area (Å²) in [5, 5.41) is 17.0. The number of rotatable bonds is 10. The molecule has 5 rings (SSSR count). The Balaban J connectivity index is 1.28. The van der Waals surface area contributed by atoms with Crippen LogP contribution in [0.3, 0.4) is 0 Å². The number of urea groups is 1. The number of piperazine rings is 1. The van der Waals surface area contributed by atoms with E-state index >= 15 is 0 Å². The lowest BCUT2D eigenvalue weighted by molar-refractivity contribution is 0.190. The molecular weight excluding hydrogens is 532 g/mol. The molecule has 3 aromatic rings. The summed E-state index contributed by atoms with van der Waals surface area (Å²) in [5.41, 5.74) is 0.672. The summed E-state index contributed by atoms with van der Waals surface area (Å²) >= 11 is 0. The van der Waals surface area contributed by atoms with Gasteiger partial charge in [0, 0.05) is 56.8 Å². The monoisotopic (exact) mass is 566 g/mol. The van der Waals surface area contributed by atoms with Crippen LogP contribution in [0.2, 0.25) is 0 Å². The average molecular weight is 567 g/mol. The molecule has 1 saturated carbocycles. The predicted molar refractivity (Wildman–Crippen MR) is 151 cm³/mol. The molecule has 2 aliphatic rings. The molecule has 212 valence electrons. The third-order valence-corrected chi connectivity index (χ3v) is 8.65. The van der Waals surface area contributed by atoms with Crippen LogP contribution in [0.15, 0.2) is 74.8 Å². The molecule has 1 aromatic heterocycles. The third-order valence-electron chi connectivity index (χ3n) is 7.25. The number of amides is 2. The molecule has 2 fully saturated rings. The molecule has 0 radical (unpaired) electrons. The van der Waals surface area contributed by atoms with E-state index in [2.05, 4.69) is 15.4 Å². The van der Waals surface area contributed by atoms with E-state index in [0.717, 1.165) is 31.5 Å². The number of hydrogen-bond donors (Lipinski definition) is 4. The van der Waals surface area contributed by atoms with Crippen LogP contribution in [0.4, 0.5) is 10.5 Å². The first-order valence-electron chi connectivity index (χ1n) is 13.6.